The molecule has 1 rings (SSSR count). The zero-order chi connectivity index (χ0) is 14.1. The minimum absolute atomic E-state index is 0.170. The molecule has 0 spiro atoms. The van der Waals surface area contributed by atoms with Gasteiger partial charge in [-0.25, -0.2) is 0 Å². The molecule has 1 atom stereocenters. The Morgan fingerprint density at radius 1 is 1.26 bits per heavy atom. The molecule has 1 unspecified atom stereocenters. The van der Waals surface area contributed by atoms with Gasteiger partial charge in [-0.3, -0.25) is 14.9 Å². The molecule has 0 saturated carbocycles. The number of ether oxygens (including phenoxy) is 1. The maximum atomic E-state index is 11.9. The van der Waals surface area contributed by atoms with Gasteiger partial charge in [-0.15, -0.1) is 0 Å². The maximum absolute atomic E-state index is 11.9. The third-order valence-electron chi connectivity index (χ3n) is 2.35. The summed E-state index contributed by atoms with van der Waals surface area (Å²) < 4.78 is 4.82. The van der Waals surface area contributed by atoms with Crippen molar-refractivity contribution in [3.63, 3.8) is 0 Å². The van der Waals surface area contributed by atoms with E-state index in [-0.39, 0.29) is 18.5 Å². The van der Waals surface area contributed by atoms with Crippen molar-refractivity contribution < 1.29 is 14.3 Å². The lowest BCUT2D eigenvalue weighted by molar-refractivity contribution is -0.129. The second kappa shape index (κ2) is 8.23. The lowest BCUT2D eigenvalue weighted by Crippen LogP contribution is -2.54. The summed E-state index contributed by atoms with van der Waals surface area (Å²) in [6, 6.07) is 9.53. The van der Waals surface area contributed by atoms with Crippen LogP contribution in [0.1, 0.15) is 12.5 Å². The molecule has 1 aromatic carbocycles. The van der Waals surface area contributed by atoms with E-state index in [1.54, 1.807) is 0 Å². The molecule has 2 amide bonds. The van der Waals surface area contributed by atoms with E-state index in [4.69, 9.17) is 4.74 Å². The first-order valence-electron chi connectivity index (χ1n) is 5.94. The van der Waals surface area contributed by atoms with Gasteiger partial charge in [0.05, 0.1) is 6.73 Å². The summed E-state index contributed by atoms with van der Waals surface area (Å²) in [7, 11) is 1.50. The summed E-state index contributed by atoms with van der Waals surface area (Å²) in [5, 5.41) is 8.02. The van der Waals surface area contributed by atoms with Crippen LogP contribution < -0.4 is 16.0 Å². The van der Waals surface area contributed by atoms with Crippen LogP contribution in [0.4, 0.5) is 0 Å². The first-order valence-corrected chi connectivity index (χ1v) is 5.94. The van der Waals surface area contributed by atoms with E-state index in [0.29, 0.717) is 6.54 Å². The monoisotopic (exact) mass is 265 g/mol. The van der Waals surface area contributed by atoms with Crippen molar-refractivity contribution >= 4 is 11.8 Å². The van der Waals surface area contributed by atoms with Gasteiger partial charge >= 0.3 is 0 Å². The first kappa shape index (κ1) is 15.1. The van der Waals surface area contributed by atoms with Crippen molar-refractivity contribution in [1.82, 2.24) is 16.0 Å². The van der Waals surface area contributed by atoms with Crippen LogP contribution in [0.2, 0.25) is 0 Å². The number of nitrogens with one attached hydrogen (secondary N) is 3. The highest BCUT2D eigenvalue weighted by Gasteiger charge is 2.17. The summed E-state index contributed by atoms with van der Waals surface area (Å²) in [5.74, 6) is -0.598. The van der Waals surface area contributed by atoms with Gasteiger partial charge in [-0.1, -0.05) is 30.3 Å². The summed E-state index contributed by atoms with van der Waals surface area (Å²) in [6.07, 6.45) is -0.804. The fraction of sp³-hybridized carbons (Fsp3) is 0.385. The summed E-state index contributed by atoms with van der Waals surface area (Å²) >= 11 is 0. The number of amides is 2. The number of benzene rings is 1. The van der Waals surface area contributed by atoms with Crippen molar-refractivity contribution in [3.8, 4) is 0 Å². The largest absolute Gasteiger partial charge is 0.369 e. The maximum Gasteiger partial charge on any atom is 0.257 e. The molecule has 1 aromatic rings. The Labute approximate surface area is 112 Å². The smallest absolute Gasteiger partial charge is 0.257 e. The zero-order valence-electron chi connectivity index (χ0n) is 11.1. The second-order valence-corrected chi connectivity index (χ2v) is 3.97. The number of hydrogen-bond donors (Lipinski definition) is 3. The summed E-state index contributed by atoms with van der Waals surface area (Å²) in [6.45, 7) is 1.93. The van der Waals surface area contributed by atoms with Crippen molar-refractivity contribution in [2.45, 2.75) is 19.6 Å². The highest BCUT2D eigenvalue weighted by molar-refractivity contribution is 5.86. The van der Waals surface area contributed by atoms with Crippen molar-refractivity contribution in [2.24, 2.45) is 0 Å². The SMILES string of the molecule is COCNC(NC(C)=O)C(=O)NCc1ccccc1. The fourth-order valence-electron chi connectivity index (χ4n) is 1.47. The Bertz CT molecular complexity index is 409. The number of hydrogen-bond acceptors (Lipinski definition) is 4. The molecular formula is C13H19N3O3. The molecule has 6 heteroatoms. The first-order chi connectivity index (χ1) is 9.13. The third-order valence-corrected chi connectivity index (χ3v) is 2.35. The fourth-order valence-corrected chi connectivity index (χ4v) is 1.47. The molecule has 0 aliphatic carbocycles. The number of rotatable bonds is 7. The summed E-state index contributed by atoms with van der Waals surface area (Å²) in [4.78, 5) is 22.9. The van der Waals surface area contributed by atoms with E-state index in [1.807, 2.05) is 30.3 Å². The zero-order valence-corrected chi connectivity index (χ0v) is 11.1. The average Bonchev–Trinajstić information content (AvgIpc) is 2.41. The van der Waals surface area contributed by atoms with E-state index < -0.39 is 6.17 Å². The van der Waals surface area contributed by atoms with Gasteiger partial charge in [0, 0.05) is 20.6 Å². The molecule has 0 aliphatic heterocycles. The standard InChI is InChI=1S/C13H19N3O3/c1-10(17)16-12(15-9-19-2)13(18)14-8-11-6-4-3-5-7-11/h3-7,12,15H,8-9H2,1-2H3,(H,14,18)(H,16,17). The topological polar surface area (TPSA) is 79.5 Å². The number of methoxy groups -OCH3 is 1. The van der Waals surface area contributed by atoms with Gasteiger partial charge in [-0.2, -0.15) is 0 Å². The Morgan fingerprint density at radius 2 is 1.95 bits per heavy atom. The van der Waals surface area contributed by atoms with Gasteiger partial charge in [-0.05, 0) is 5.56 Å². The predicted molar refractivity (Wildman–Crippen MR) is 70.9 cm³/mol. The molecular weight excluding hydrogens is 246 g/mol. The van der Waals surface area contributed by atoms with Gasteiger partial charge in [0.25, 0.3) is 5.91 Å². The van der Waals surface area contributed by atoms with Crippen LogP contribution in [-0.4, -0.2) is 31.8 Å². The molecule has 0 radical (unpaired) electrons. The van der Waals surface area contributed by atoms with Crippen LogP contribution in [0, 0.1) is 0 Å². The van der Waals surface area contributed by atoms with Crippen LogP contribution in [0.25, 0.3) is 0 Å². The number of carbonyl (C=O) groups is 2. The van der Waals surface area contributed by atoms with Crippen LogP contribution in [-0.2, 0) is 20.9 Å². The van der Waals surface area contributed by atoms with E-state index in [9.17, 15) is 9.59 Å². The molecule has 6 nitrogen and oxygen atoms in total. The van der Waals surface area contributed by atoms with E-state index >= 15 is 0 Å². The average molecular weight is 265 g/mol. The summed E-state index contributed by atoms with van der Waals surface area (Å²) in [5.41, 5.74) is 0.990. The third kappa shape index (κ3) is 5.98. The Balaban J connectivity index is 2.48. The Kier molecular flexibility index (Phi) is 6.56. The van der Waals surface area contributed by atoms with E-state index in [1.165, 1.54) is 14.0 Å². The van der Waals surface area contributed by atoms with Gasteiger partial charge < -0.3 is 15.4 Å². The number of carbonyl (C=O) groups excluding carboxylic acids is 2. The molecule has 104 valence electrons. The molecule has 0 fully saturated rings. The van der Waals surface area contributed by atoms with Gasteiger partial charge in [0.15, 0.2) is 6.17 Å². The van der Waals surface area contributed by atoms with Crippen LogP contribution in [0.3, 0.4) is 0 Å². The molecule has 0 saturated heterocycles. The molecule has 0 aromatic heterocycles. The second-order valence-electron chi connectivity index (χ2n) is 3.97. The van der Waals surface area contributed by atoms with Crippen LogP contribution in [0.5, 0.6) is 0 Å². The molecule has 0 aliphatic rings. The normalized spacial score (nSPS) is 11.7. The van der Waals surface area contributed by atoms with Crippen molar-refractivity contribution in [2.75, 3.05) is 13.8 Å². The Hall–Kier alpha value is -1.92. The van der Waals surface area contributed by atoms with E-state index in [0.717, 1.165) is 5.56 Å². The minimum Gasteiger partial charge on any atom is -0.369 e. The lowest BCUT2D eigenvalue weighted by atomic mass is 10.2. The van der Waals surface area contributed by atoms with Gasteiger partial charge in [0.1, 0.15) is 0 Å². The lowest BCUT2D eigenvalue weighted by Gasteiger charge is -2.18. The predicted octanol–water partition coefficient (Wildman–Crippen LogP) is -0.0415. The molecule has 19 heavy (non-hydrogen) atoms. The van der Waals surface area contributed by atoms with Crippen LogP contribution in [0.15, 0.2) is 30.3 Å². The Morgan fingerprint density at radius 3 is 2.53 bits per heavy atom. The van der Waals surface area contributed by atoms with E-state index in [2.05, 4.69) is 16.0 Å². The highest BCUT2D eigenvalue weighted by atomic mass is 16.5. The molecule has 0 bridgehead atoms. The minimum atomic E-state index is -0.804. The van der Waals surface area contributed by atoms with Crippen molar-refractivity contribution in [3.05, 3.63) is 35.9 Å². The highest BCUT2D eigenvalue weighted by Crippen LogP contribution is 1.97. The molecule has 0 heterocycles. The quantitative estimate of drug-likeness (QED) is 0.604. The van der Waals surface area contributed by atoms with Gasteiger partial charge in [0.2, 0.25) is 5.91 Å². The van der Waals surface area contributed by atoms with Crippen molar-refractivity contribution in [1.29, 1.82) is 0 Å². The molecule has 3 N–H and O–H groups in total. The van der Waals surface area contributed by atoms with Crippen LogP contribution >= 0.6 is 0 Å².